The van der Waals surface area contributed by atoms with Gasteiger partial charge in [0.15, 0.2) is 5.82 Å². The third-order valence-electron chi connectivity index (χ3n) is 3.13. The van der Waals surface area contributed by atoms with Gasteiger partial charge in [-0.05, 0) is 12.3 Å². The molecule has 2 rings (SSSR count). The molecule has 0 saturated heterocycles. The number of nitrogens with zero attached hydrogens (tertiary/aromatic N) is 4. The fraction of sp³-hybridized carbons (Fsp3) is 0.385. The van der Waals surface area contributed by atoms with Gasteiger partial charge in [0.05, 0.1) is 10.6 Å². The van der Waals surface area contributed by atoms with Gasteiger partial charge in [0.1, 0.15) is 0 Å². The zero-order valence-electron chi connectivity index (χ0n) is 11.5. The molecule has 1 heterocycles. The molecule has 0 amide bonds. The van der Waals surface area contributed by atoms with Gasteiger partial charge in [-0.2, -0.15) is 0 Å². The van der Waals surface area contributed by atoms with Crippen molar-refractivity contribution in [3.8, 4) is 0 Å². The molecule has 1 aromatic carbocycles. The van der Waals surface area contributed by atoms with E-state index in [1.54, 1.807) is 22.9 Å². The van der Waals surface area contributed by atoms with E-state index in [2.05, 4.69) is 10.3 Å². The molecule has 0 fully saturated rings. The van der Waals surface area contributed by atoms with Crippen LogP contribution in [0.2, 0.25) is 0 Å². The molecule has 1 aromatic heterocycles. The lowest BCUT2D eigenvalue weighted by molar-refractivity contribution is -0.385. The van der Waals surface area contributed by atoms with Crippen LogP contribution < -0.4 is 5.73 Å². The smallest absolute Gasteiger partial charge is 0.272 e. The Labute approximate surface area is 116 Å². The Bertz CT molecular complexity index is 621. The third kappa shape index (κ3) is 2.76. The van der Waals surface area contributed by atoms with Gasteiger partial charge in [0, 0.05) is 18.2 Å². The van der Waals surface area contributed by atoms with E-state index in [1.807, 2.05) is 13.8 Å². The minimum Gasteiger partial charge on any atom is -0.381 e. The summed E-state index contributed by atoms with van der Waals surface area (Å²) in [5.74, 6) is 0.623. The van der Waals surface area contributed by atoms with Crippen molar-refractivity contribution in [1.29, 1.82) is 0 Å². The van der Waals surface area contributed by atoms with Crippen LogP contribution in [0.15, 0.2) is 24.3 Å². The Morgan fingerprint density at radius 3 is 2.75 bits per heavy atom. The molecule has 2 N–H and O–H groups in total. The van der Waals surface area contributed by atoms with Crippen LogP contribution in [0.5, 0.6) is 0 Å². The number of benzene rings is 1. The Kier molecular flexibility index (Phi) is 3.97. The number of nitrogens with two attached hydrogens (primary N) is 1. The first-order valence-corrected chi connectivity index (χ1v) is 6.42. The Morgan fingerprint density at radius 1 is 1.40 bits per heavy atom. The third-order valence-corrected chi connectivity index (χ3v) is 3.13. The van der Waals surface area contributed by atoms with Crippen molar-refractivity contribution in [2.75, 3.05) is 5.73 Å². The highest BCUT2D eigenvalue weighted by molar-refractivity contribution is 5.40. The molecule has 0 aliphatic carbocycles. The van der Waals surface area contributed by atoms with Crippen molar-refractivity contribution in [3.63, 3.8) is 0 Å². The van der Waals surface area contributed by atoms with Crippen molar-refractivity contribution < 1.29 is 4.92 Å². The number of nitro groups is 1. The fourth-order valence-corrected chi connectivity index (χ4v) is 2.22. The van der Waals surface area contributed by atoms with Gasteiger partial charge in [-0.15, -0.1) is 5.10 Å². The predicted octanol–water partition coefficient (Wildman–Crippen LogP) is 2.13. The van der Waals surface area contributed by atoms with Crippen LogP contribution in [0.1, 0.15) is 31.0 Å². The van der Waals surface area contributed by atoms with Crippen LogP contribution in [-0.2, 0) is 13.0 Å². The van der Waals surface area contributed by atoms with E-state index >= 15 is 0 Å². The maximum absolute atomic E-state index is 11.0. The Morgan fingerprint density at radius 2 is 2.10 bits per heavy atom. The number of nitro benzene ring substituents is 1. The molecule has 106 valence electrons. The van der Waals surface area contributed by atoms with Crippen LogP contribution in [0, 0.1) is 10.1 Å². The van der Waals surface area contributed by atoms with Gasteiger partial charge in [-0.3, -0.25) is 10.1 Å². The van der Waals surface area contributed by atoms with Crippen LogP contribution in [-0.4, -0.2) is 19.9 Å². The van der Waals surface area contributed by atoms with Crippen LogP contribution in [0.4, 0.5) is 11.5 Å². The summed E-state index contributed by atoms with van der Waals surface area (Å²) in [7, 11) is 0. The van der Waals surface area contributed by atoms with Gasteiger partial charge < -0.3 is 5.73 Å². The first kappa shape index (κ1) is 14.0. The fourth-order valence-electron chi connectivity index (χ4n) is 2.22. The zero-order chi connectivity index (χ0) is 14.7. The lowest BCUT2D eigenvalue weighted by atomic mass is 10.1. The highest BCUT2D eigenvalue weighted by Crippen LogP contribution is 2.22. The average molecular weight is 275 g/mol. The second kappa shape index (κ2) is 5.68. The minimum absolute atomic E-state index is 0.131. The minimum atomic E-state index is -0.367. The van der Waals surface area contributed by atoms with Crippen LogP contribution in [0.25, 0.3) is 0 Å². The Hall–Kier alpha value is -2.44. The largest absolute Gasteiger partial charge is 0.381 e. The first-order chi connectivity index (χ1) is 9.50. The zero-order valence-corrected chi connectivity index (χ0v) is 11.5. The molecule has 0 aliphatic heterocycles. The lowest BCUT2D eigenvalue weighted by Crippen LogP contribution is -2.10. The van der Waals surface area contributed by atoms with Crippen molar-refractivity contribution in [2.24, 2.45) is 0 Å². The molecule has 0 unspecified atom stereocenters. The normalized spacial score (nSPS) is 10.9. The van der Waals surface area contributed by atoms with E-state index in [-0.39, 0.29) is 16.5 Å². The van der Waals surface area contributed by atoms with E-state index < -0.39 is 0 Å². The van der Waals surface area contributed by atoms with E-state index in [1.165, 1.54) is 6.07 Å². The van der Waals surface area contributed by atoms with Gasteiger partial charge >= 0.3 is 0 Å². The summed E-state index contributed by atoms with van der Waals surface area (Å²) in [5, 5.41) is 18.8. The molecular formula is C13H17N5O2. The number of aryl methyl sites for hydroxylation is 2. The molecule has 0 saturated carbocycles. The number of nitrogen functional groups attached to an aromatic ring is 1. The van der Waals surface area contributed by atoms with Crippen molar-refractivity contribution in [1.82, 2.24) is 15.0 Å². The summed E-state index contributed by atoms with van der Waals surface area (Å²) in [6.07, 6.45) is 0.514. The number of hydrogen-bond acceptors (Lipinski definition) is 5. The van der Waals surface area contributed by atoms with Crippen molar-refractivity contribution in [2.45, 2.75) is 32.7 Å². The van der Waals surface area contributed by atoms with E-state index in [9.17, 15) is 10.1 Å². The van der Waals surface area contributed by atoms with Gasteiger partial charge in [0.2, 0.25) is 0 Å². The Balaban J connectivity index is 2.20. The molecule has 7 heteroatoms. The first-order valence-electron chi connectivity index (χ1n) is 6.42. The van der Waals surface area contributed by atoms with Crippen molar-refractivity contribution in [3.05, 3.63) is 45.6 Å². The maximum Gasteiger partial charge on any atom is 0.272 e. The molecule has 2 aromatic rings. The number of anilines is 1. The molecule has 7 nitrogen and oxygen atoms in total. The lowest BCUT2D eigenvalue weighted by Gasteiger charge is -2.09. The number of hydrogen-bond donors (Lipinski definition) is 1. The summed E-state index contributed by atoms with van der Waals surface area (Å²) >= 11 is 0. The van der Waals surface area contributed by atoms with Gasteiger partial charge in [-0.25, -0.2) is 4.68 Å². The molecule has 0 atom stereocenters. The molecule has 0 aliphatic rings. The summed E-state index contributed by atoms with van der Waals surface area (Å²) < 4.78 is 1.72. The van der Waals surface area contributed by atoms with E-state index in [0.29, 0.717) is 24.3 Å². The topological polar surface area (TPSA) is 99.9 Å². The van der Waals surface area contributed by atoms with Gasteiger partial charge in [0.25, 0.3) is 5.69 Å². The van der Waals surface area contributed by atoms with E-state index in [0.717, 1.165) is 5.69 Å². The number of para-hydroxylation sites is 1. The summed E-state index contributed by atoms with van der Waals surface area (Å²) in [6.45, 7) is 4.54. The predicted molar refractivity (Wildman–Crippen MR) is 75.3 cm³/mol. The molecule has 0 radical (unpaired) electrons. The number of aromatic nitrogens is 3. The summed E-state index contributed by atoms with van der Waals surface area (Å²) in [5.41, 5.74) is 7.46. The number of rotatable bonds is 5. The molecule has 0 spiro atoms. The van der Waals surface area contributed by atoms with Crippen LogP contribution in [0.3, 0.4) is 0 Å². The monoisotopic (exact) mass is 275 g/mol. The molecular weight excluding hydrogens is 258 g/mol. The van der Waals surface area contributed by atoms with Gasteiger partial charge in [-0.1, -0.05) is 37.3 Å². The summed E-state index contributed by atoms with van der Waals surface area (Å²) in [4.78, 5) is 10.6. The maximum atomic E-state index is 11.0. The standard InChI is InChI=1S/C13H17N5O2/c1-9(2)12-13(14)15-16-17(12)8-7-10-5-3-4-6-11(10)18(19)20/h3-6,9H,7-8,14H2,1-2H3. The van der Waals surface area contributed by atoms with Crippen LogP contribution >= 0.6 is 0 Å². The highest BCUT2D eigenvalue weighted by Gasteiger charge is 2.16. The van der Waals surface area contributed by atoms with E-state index in [4.69, 9.17) is 5.73 Å². The molecule has 0 bridgehead atoms. The second-order valence-corrected chi connectivity index (χ2v) is 4.87. The SMILES string of the molecule is CC(C)c1c(N)nnn1CCc1ccccc1[N+](=O)[O-]. The highest BCUT2D eigenvalue weighted by atomic mass is 16.6. The second-order valence-electron chi connectivity index (χ2n) is 4.87. The average Bonchev–Trinajstić information content (AvgIpc) is 2.77. The summed E-state index contributed by atoms with van der Waals surface area (Å²) in [6, 6.07) is 6.72. The molecule has 20 heavy (non-hydrogen) atoms. The quantitative estimate of drug-likeness (QED) is 0.665. The van der Waals surface area contributed by atoms with Crippen molar-refractivity contribution >= 4 is 11.5 Å².